The van der Waals surface area contributed by atoms with Gasteiger partial charge in [0, 0.05) is 49.0 Å². The van der Waals surface area contributed by atoms with Crippen LogP contribution in [0, 0.1) is 5.92 Å². The van der Waals surface area contributed by atoms with Crippen LogP contribution in [0.3, 0.4) is 0 Å². The summed E-state index contributed by atoms with van der Waals surface area (Å²) in [4.78, 5) is 25.6. The van der Waals surface area contributed by atoms with Gasteiger partial charge in [-0.3, -0.25) is 4.79 Å². The van der Waals surface area contributed by atoms with E-state index in [1.54, 1.807) is 6.07 Å². The van der Waals surface area contributed by atoms with Crippen molar-refractivity contribution in [3.05, 3.63) is 40.5 Å². The van der Waals surface area contributed by atoms with Gasteiger partial charge in [-0.1, -0.05) is 54.9 Å². The molecule has 1 aliphatic heterocycles. The zero-order chi connectivity index (χ0) is 21.7. The molecule has 1 N–H and O–H groups in total. The summed E-state index contributed by atoms with van der Waals surface area (Å²) in [5.41, 5.74) is 1.13. The van der Waals surface area contributed by atoms with Crippen LogP contribution in [0.1, 0.15) is 20.8 Å². The zero-order valence-electron chi connectivity index (χ0n) is 17.4. The standard InChI is InChI=1S/C21H27Cl2N5OS/c1-14(2)15(3)24-20(29)13-30-21-25-18(23)12-19(26-21)28-9-7-27(8-10-28)17-6-4-5-16(22)11-17/h4-6,11-12,14-15H,7-10,13H2,1-3H3,(H,24,29). The van der Waals surface area contributed by atoms with Gasteiger partial charge in [-0.25, -0.2) is 9.97 Å². The van der Waals surface area contributed by atoms with E-state index in [0.29, 0.717) is 16.2 Å². The van der Waals surface area contributed by atoms with Crippen LogP contribution in [0.15, 0.2) is 35.5 Å². The summed E-state index contributed by atoms with van der Waals surface area (Å²) in [6.45, 7) is 9.52. The second-order valence-electron chi connectivity index (χ2n) is 7.67. The lowest BCUT2D eigenvalue weighted by Gasteiger charge is -2.36. The third kappa shape index (κ3) is 6.40. The second kappa shape index (κ2) is 10.6. The fourth-order valence-electron chi connectivity index (χ4n) is 3.07. The minimum atomic E-state index is -0.0264. The Kier molecular flexibility index (Phi) is 8.08. The number of nitrogens with zero attached hydrogens (tertiary/aromatic N) is 4. The molecule has 30 heavy (non-hydrogen) atoms. The SMILES string of the molecule is CC(C)C(C)NC(=O)CSc1nc(Cl)cc(N2CCN(c3cccc(Cl)c3)CC2)n1. The lowest BCUT2D eigenvalue weighted by molar-refractivity contribution is -0.119. The molecule has 0 saturated carbocycles. The Labute approximate surface area is 192 Å². The van der Waals surface area contributed by atoms with Gasteiger partial charge in [0.05, 0.1) is 5.75 Å². The fraction of sp³-hybridized carbons (Fsp3) is 0.476. The second-order valence-corrected chi connectivity index (χ2v) is 9.44. The highest BCUT2D eigenvalue weighted by Crippen LogP contribution is 2.25. The number of halogens is 2. The molecule has 1 aromatic heterocycles. The van der Waals surface area contributed by atoms with Crippen LogP contribution in [-0.2, 0) is 4.79 Å². The molecule has 6 nitrogen and oxygen atoms in total. The van der Waals surface area contributed by atoms with Gasteiger partial charge in [0.25, 0.3) is 0 Å². The number of amides is 1. The predicted molar refractivity (Wildman–Crippen MR) is 126 cm³/mol. The molecule has 0 bridgehead atoms. The average Bonchev–Trinajstić information content (AvgIpc) is 2.72. The molecule has 2 heterocycles. The van der Waals surface area contributed by atoms with E-state index in [-0.39, 0.29) is 17.7 Å². The highest BCUT2D eigenvalue weighted by Gasteiger charge is 2.20. The number of piperazine rings is 1. The van der Waals surface area contributed by atoms with Crippen LogP contribution in [0.2, 0.25) is 10.2 Å². The number of anilines is 2. The summed E-state index contributed by atoms with van der Waals surface area (Å²) in [7, 11) is 0. The highest BCUT2D eigenvalue weighted by atomic mass is 35.5. The number of thioether (sulfide) groups is 1. The Hall–Kier alpha value is -1.70. The maximum atomic E-state index is 12.2. The quantitative estimate of drug-likeness (QED) is 0.370. The van der Waals surface area contributed by atoms with Gasteiger partial charge in [-0.15, -0.1) is 0 Å². The minimum Gasteiger partial charge on any atom is -0.368 e. The molecular formula is C21H27Cl2N5OS. The molecule has 1 aliphatic rings. The van der Waals surface area contributed by atoms with E-state index in [2.05, 4.69) is 45.0 Å². The van der Waals surface area contributed by atoms with Crippen LogP contribution in [0.4, 0.5) is 11.5 Å². The Morgan fingerprint density at radius 1 is 1.10 bits per heavy atom. The van der Waals surface area contributed by atoms with Crippen LogP contribution in [-0.4, -0.2) is 53.8 Å². The lowest BCUT2D eigenvalue weighted by atomic mass is 10.1. The fourth-order valence-corrected chi connectivity index (χ4v) is 4.15. The molecule has 0 spiro atoms. The molecule has 0 radical (unpaired) electrons. The van der Waals surface area contributed by atoms with Crippen LogP contribution >= 0.6 is 35.0 Å². The predicted octanol–water partition coefficient (Wildman–Crippen LogP) is 4.36. The van der Waals surface area contributed by atoms with Gasteiger partial charge < -0.3 is 15.1 Å². The first-order valence-electron chi connectivity index (χ1n) is 10.0. The molecule has 2 aromatic rings. The van der Waals surface area contributed by atoms with Gasteiger partial charge >= 0.3 is 0 Å². The van der Waals surface area contributed by atoms with Crippen LogP contribution in [0.5, 0.6) is 0 Å². The Balaban J connectivity index is 1.58. The first-order chi connectivity index (χ1) is 14.3. The number of hydrogen-bond donors (Lipinski definition) is 1. The Morgan fingerprint density at radius 2 is 1.80 bits per heavy atom. The number of carbonyl (C=O) groups is 1. The summed E-state index contributed by atoms with van der Waals surface area (Å²) >= 11 is 13.7. The van der Waals surface area contributed by atoms with E-state index in [4.69, 9.17) is 23.2 Å². The Morgan fingerprint density at radius 3 is 2.47 bits per heavy atom. The third-order valence-electron chi connectivity index (χ3n) is 5.16. The molecule has 9 heteroatoms. The zero-order valence-corrected chi connectivity index (χ0v) is 19.8. The number of benzene rings is 1. The van der Waals surface area contributed by atoms with E-state index < -0.39 is 0 Å². The van der Waals surface area contributed by atoms with Gasteiger partial charge in [0.1, 0.15) is 11.0 Å². The van der Waals surface area contributed by atoms with E-state index in [9.17, 15) is 4.79 Å². The highest BCUT2D eigenvalue weighted by molar-refractivity contribution is 7.99. The van der Waals surface area contributed by atoms with Crippen molar-refractivity contribution in [2.75, 3.05) is 41.7 Å². The van der Waals surface area contributed by atoms with Crippen molar-refractivity contribution in [2.24, 2.45) is 5.92 Å². The first kappa shape index (κ1) is 23.0. The van der Waals surface area contributed by atoms with Crippen molar-refractivity contribution in [1.29, 1.82) is 0 Å². The van der Waals surface area contributed by atoms with E-state index >= 15 is 0 Å². The molecule has 162 valence electrons. The van der Waals surface area contributed by atoms with E-state index in [0.717, 1.165) is 42.7 Å². The molecule has 0 aliphatic carbocycles. The third-order valence-corrected chi connectivity index (χ3v) is 6.43. The maximum absolute atomic E-state index is 12.2. The molecule has 1 atom stereocenters. The molecule has 1 saturated heterocycles. The maximum Gasteiger partial charge on any atom is 0.230 e. The van der Waals surface area contributed by atoms with Crippen molar-refractivity contribution in [3.8, 4) is 0 Å². The van der Waals surface area contributed by atoms with Gasteiger partial charge in [-0.05, 0) is 31.0 Å². The van der Waals surface area contributed by atoms with Crippen molar-refractivity contribution in [1.82, 2.24) is 15.3 Å². The molecule has 1 amide bonds. The van der Waals surface area contributed by atoms with Gasteiger partial charge in [0.2, 0.25) is 5.91 Å². The lowest BCUT2D eigenvalue weighted by Crippen LogP contribution is -2.46. The number of carbonyl (C=O) groups excluding carboxylic acids is 1. The summed E-state index contributed by atoms with van der Waals surface area (Å²) in [5.74, 6) is 1.42. The molecule has 1 aromatic carbocycles. The molecule has 1 fully saturated rings. The van der Waals surface area contributed by atoms with Crippen LogP contribution in [0.25, 0.3) is 0 Å². The summed E-state index contributed by atoms with van der Waals surface area (Å²) in [6.07, 6.45) is 0. The summed E-state index contributed by atoms with van der Waals surface area (Å²) in [5, 5.41) is 4.64. The van der Waals surface area contributed by atoms with Crippen LogP contribution < -0.4 is 15.1 Å². The number of rotatable bonds is 7. The van der Waals surface area contributed by atoms with E-state index in [1.807, 2.05) is 25.1 Å². The van der Waals surface area contributed by atoms with Gasteiger partial charge in [-0.2, -0.15) is 0 Å². The minimum absolute atomic E-state index is 0.0264. The van der Waals surface area contributed by atoms with Crippen molar-refractivity contribution < 1.29 is 4.79 Å². The van der Waals surface area contributed by atoms with Crippen molar-refractivity contribution in [3.63, 3.8) is 0 Å². The first-order valence-corrected chi connectivity index (χ1v) is 11.8. The normalized spacial score (nSPS) is 15.4. The van der Waals surface area contributed by atoms with Gasteiger partial charge in [0.15, 0.2) is 5.16 Å². The monoisotopic (exact) mass is 467 g/mol. The number of nitrogens with one attached hydrogen (secondary N) is 1. The molecule has 1 unspecified atom stereocenters. The summed E-state index contributed by atoms with van der Waals surface area (Å²) in [6, 6.07) is 9.82. The van der Waals surface area contributed by atoms with E-state index in [1.165, 1.54) is 11.8 Å². The Bertz CT molecular complexity index is 874. The topological polar surface area (TPSA) is 61.4 Å². The largest absolute Gasteiger partial charge is 0.368 e. The average molecular weight is 468 g/mol. The smallest absolute Gasteiger partial charge is 0.230 e. The van der Waals surface area contributed by atoms with Crippen molar-refractivity contribution in [2.45, 2.75) is 32.0 Å². The van der Waals surface area contributed by atoms with Crippen molar-refractivity contribution >= 4 is 52.4 Å². The molecular weight excluding hydrogens is 441 g/mol. The number of aromatic nitrogens is 2. The summed E-state index contributed by atoms with van der Waals surface area (Å²) < 4.78 is 0. The molecule has 3 rings (SSSR count). The number of hydrogen-bond acceptors (Lipinski definition) is 6.